The Morgan fingerprint density at radius 3 is 2.69 bits per heavy atom. The molecule has 5 heteroatoms. The second-order valence-corrected chi connectivity index (χ2v) is 4.66. The summed E-state index contributed by atoms with van der Waals surface area (Å²) >= 11 is 3.34. The number of aliphatic hydroxyl groups excluding tert-OH is 1. The van der Waals surface area contributed by atoms with E-state index in [9.17, 15) is 9.90 Å². The molecule has 1 fully saturated rings. The van der Waals surface area contributed by atoms with Gasteiger partial charge >= 0.3 is 0 Å². The molecule has 3 unspecified atom stereocenters. The topological polar surface area (TPSA) is 61.4 Å². The summed E-state index contributed by atoms with van der Waals surface area (Å²) < 4.78 is 0. The van der Waals surface area contributed by atoms with E-state index >= 15 is 0 Å². The predicted molar refractivity (Wildman–Crippen MR) is 64.1 cm³/mol. The van der Waals surface area contributed by atoms with Crippen LogP contribution in [0.15, 0.2) is 30.3 Å². The fourth-order valence-corrected chi connectivity index (χ4v) is 1.94. The summed E-state index contributed by atoms with van der Waals surface area (Å²) in [5.74, 6) is -0.128. The van der Waals surface area contributed by atoms with Gasteiger partial charge in [0.2, 0.25) is 5.91 Å². The average molecular weight is 285 g/mol. The molecule has 0 saturated carbocycles. The van der Waals surface area contributed by atoms with Gasteiger partial charge in [0.1, 0.15) is 11.1 Å². The van der Waals surface area contributed by atoms with Crippen LogP contribution in [-0.4, -0.2) is 29.8 Å². The number of rotatable bonds is 3. The Bertz CT molecular complexity index is 372. The van der Waals surface area contributed by atoms with Gasteiger partial charge in [0.05, 0.1) is 6.04 Å². The standard InChI is InChI=1S/C11H13BrN2O2/c12-9(7-4-2-1-3-5-7)11(16)14-8-6-13-10(8)15/h1-5,8-10,13,15H,6H2,(H,14,16). The third kappa shape index (κ3) is 2.42. The highest BCUT2D eigenvalue weighted by Gasteiger charge is 2.31. The molecule has 16 heavy (non-hydrogen) atoms. The number of aliphatic hydroxyl groups is 1. The molecule has 1 heterocycles. The fourth-order valence-electron chi connectivity index (χ4n) is 1.50. The Kier molecular flexibility index (Phi) is 3.58. The molecule has 1 aromatic carbocycles. The minimum absolute atomic E-state index is 0.128. The van der Waals surface area contributed by atoms with Crippen molar-refractivity contribution in [3.05, 3.63) is 35.9 Å². The van der Waals surface area contributed by atoms with Crippen LogP contribution in [-0.2, 0) is 4.79 Å². The summed E-state index contributed by atoms with van der Waals surface area (Å²) in [6.45, 7) is 0.613. The maximum Gasteiger partial charge on any atom is 0.238 e. The first-order valence-corrected chi connectivity index (χ1v) is 6.01. The zero-order valence-electron chi connectivity index (χ0n) is 8.56. The molecular weight excluding hydrogens is 272 g/mol. The van der Waals surface area contributed by atoms with Crippen molar-refractivity contribution in [1.29, 1.82) is 0 Å². The quantitative estimate of drug-likeness (QED) is 0.710. The Hall–Kier alpha value is -0.910. The number of nitrogens with one attached hydrogen (secondary N) is 2. The van der Waals surface area contributed by atoms with Gasteiger partial charge < -0.3 is 10.4 Å². The summed E-state index contributed by atoms with van der Waals surface area (Å²) in [5, 5.41) is 14.8. The monoisotopic (exact) mass is 284 g/mol. The van der Waals surface area contributed by atoms with E-state index in [0.29, 0.717) is 6.54 Å². The molecule has 0 spiro atoms. The van der Waals surface area contributed by atoms with Gasteiger partial charge in [0.25, 0.3) is 0 Å². The Labute approximate surface area is 102 Å². The number of alkyl halides is 1. The first kappa shape index (κ1) is 11.6. The highest BCUT2D eigenvalue weighted by molar-refractivity contribution is 9.09. The molecule has 1 aliphatic rings. The molecule has 3 N–H and O–H groups in total. The highest BCUT2D eigenvalue weighted by Crippen LogP contribution is 2.22. The van der Waals surface area contributed by atoms with Gasteiger partial charge in [-0.25, -0.2) is 0 Å². The second kappa shape index (κ2) is 4.95. The lowest BCUT2D eigenvalue weighted by atomic mass is 10.1. The van der Waals surface area contributed by atoms with Gasteiger partial charge in [-0.3, -0.25) is 10.1 Å². The van der Waals surface area contributed by atoms with Crippen LogP contribution < -0.4 is 10.6 Å². The highest BCUT2D eigenvalue weighted by atomic mass is 79.9. The Morgan fingerprint density at radius 1 is 1.50 bits per heavy atom. The number of amides is 1. The summed E-state index contributed by atoms with van der Waals surface area (Å²) in [5.41, 5.74) is 0.904. The molecule has 1 aromatic rings. The molecule has 0 bridgehead atoms. The summed E-state index contributed by atoms with van der Waals surface area (Å²) in [6.07, 6.45) is -0.626. The fraction of sp³-hybridized carbons (Fsp3) is 0.364. The number of carbonyl (C=O) groups is 1. The summed E-state index contributed by atoms with van der Waals surface area (Å²) in [6, 6.07) is 9.26. The van der Waals surface area contributed by atoms with Crippen molar-refractivity contribution in [1.82, 2.24) is 10.6 Å². The van der Waals surface area contributed by atoms with Crippen molar-refractivity contribution in [2.24, 2.45) is 0 Å². The van der Waals surface area contributed by atoms with Gasteiger partial charge in [-0.2, -0.15) is 0 Å². The molecule has 1 amide bonds. The van der Waals surface area contributed by atoms with E-state index in [4.69, 9.17) is 0 Å². The van der Waals surface area contributed by atoms with Crippen molar-refractivity contribution in [3.8, 4) is 0 Å². The van der Waals surface area contributed by atoms with Crippen LogP contribution in [0.1, 0.15) is 10.4 Å². The summed E-state index contributed by atoms with van der Waals surface area (Å²) in [4.78, 5) is 11.4. The largest absolute Gasteiger partial charge is 0.376 e. The van der Waals surface area contributed by atoms with Gasteiger partial charge in [-0.1, -0.05) is 46.3 Å². The molecule has 0 aliphatic carbocycles. The van der Waals surface area contributed by atoms with E-state index in [1.165, 1.54) is 0 Å². The van der Waals surface area contributed by atoms with Crippen molar-refractivity contribution in [3.63, 3.8) is 0 Å². The smallest absolute Gasteiger partial charge is 0.238 e. The second-order valence-electron chi connectivity index (χ2n) is 3.74. The van der Waals surface area contributed by atoms with Gasteiger partial charge in [-0.05, 0) is 5.56 Å². The Morgan fingerprint density at radius 2 is 2.19 bits per heavy atom. The normalized spacial score (nSPS) is 25.6. The predicted octanol–water partition coefficient (Wildman–Crippen LogP) is 0.529. The van der Waals surface area contributed by atoms with E-state index in [0.717, 1.165) is 5.56 Å². The zero-order chi connectivity index (χ0) is 11.5. The van der Waals surface area contributed by atoms with Crippen molar-refractivity contribution in [2.45, 2.75) is 17.1 Å². The van der Waals surface area contributed by atoms with E-state index < -0.39 is 6.23 Å². The molecule has 1 aliphatic heterocycles. The van der Waals surface area contributed by atoms with Crippen LogP contribution in [0.4, 0.5) is 0 Å². The average Bonchev–Trinajstić information content (AvgIpc) is 2.34. The number of carbonyl (C=O) groups excluding carboxylic acids is 1. The molecule has 86 valence electrons. The van der Waals surface area contributed by atoms with Crippen LogP contribution in [0.2, 0.25) is 0 Å². The lowest BCUT2D eigenvalue weighted by molar-refractivity contribution is -0.123. The van der Waals surface area contributed by atoms with Crippen LogP contribution in [0.5, 0.6) is 0 Å². The first-order chi connectivity index (χ1) is 7.68. The van der Waals surface area contributed by atoms with Gasteiger partial charge in [0, 0.05) is 6.54 Å². The van der Waals surface area contributed by atoms with E-state index in [2.05, 4.69) is 26.6 Å². The molecule has 0 radical (unpaired) electrons. The van der Waals surface area contributed by atoms with Gasteiger partial charge in [0.15, 0.2) is 0 Å². The molecule has 3 atom stereocenters. The number of benzene rings is 1. The van der Waals surface area contributed by atoms with Crippen LogP contribution in [0, 0.1) is 0 Å². The van der Waals surface area contributed by atoms with E-state index in [-0.39, 0.29) is 16.8 Å². The van der Waals surface area contributed by atoms with Crippen molar-refractivity contribution < 1.29 is 9.90 Å². The SMILES string of the molecule is O=C(NC1CNC1O)C(Br)c1ccccc1. The van der Waals surface area contributed by atoms with Crippen LogP contribution >= 0.6 is 15.9 Å². The third-order valence-electron chi connectivity index (χ3n) is 2.58. The number of hydrogen-bond donors (Lipinski definition) is 3. The van der Waals surface area contributed by atoms with Crippen LogP contribution in [0.25, 0.3) is 0 Å². The molecule has 0 aromatic heterocycles. The van der Waals surface area contributed by atoms with Crippen LogP contribution in [0.3, 0.4) is 0 Å². The minimum Gasteiger partial charge on any atom is -0.376 e. The summed E-state index contributed by atoms with van der Waals surface area (Å²) in [7, 11) is 0. The molecule has 4 nitrogen and oxygen atoms in total. The lowest BCUT2D eigenvalue weighted by Crippen LogP contribution is -2.65. The van der Waals surface area contributed by atoms with Gasteiger partial charge in [-0.15, -0.1) is 0 Å². The third-order valence-corrected chi connectivity index (χ3v) is 3.52. The Balaban J connectivity index is 1.94. The lowest BCUT2D eigenvalue weighted by Gasteiger charge is -2.34. The van der Waals surface area contributed by atoms with E-state index in [1.54, 1.807) is 0 Å². The molecular formula is C11H13BrN2O2. The number of halogens is 1. The zero-order valence-corrected chi connectivity index (χ0v) is 10.1. The minimum atomic E-state index is -0.626. The molecule has 1 saturated heterocycles. The first-order valence-electron chi connectivity index (χ1n) is 5.09. The maximum atomic E-state index is 11.8. The van der Waals surface area contributed by atoms with Crippen molar-refractivity contribution in [2.75, 3.05) is 6.54 Å². The van der Waals surface area contributed by atoms with Crippen molar-refractivity contribution >= 4 is 21.8 Å². The maximum absolute atomic E-state index is 11.8. The number of hydrogen-bond acceptors (Lipinski definition) is 3. The van der Waals surface area contributed by atoms with E-state index in [1.807, 2.05) is 30.3 Å². The molecule has 2 rings (SSSR count).